The van der Waals surface area contributed by atoms with Crippen molar-refractivity contribution in [1.29, 1.82) is 0 Å². The van der Waals surface area contributed by atoms with Crippen molar-refractivity contribution in [3.8, 4) is 5.75 Å². The second-order valence-corrected chi connectivity index (χ2v) is 5.83. The summed E-state index contributed by atoms with van der Waals surface area (Å²) in [7, 11) is 1.58. The van der Waals surface area contributed by atoms with Gasteiger partial charge in [0, 0.05) is 37.0 Å². The minimum absolute atomic E-state index is 0.231. The number of nitrogens with zero attached hydrogens (tertiary/aromatic N) is 1. The zero-order valence-corrected chi connectivity index (χ0v) is 14.8. The van der Waals surface area contributed by atoms with E-state index in [9.17, 15) is 9.59 Å². The first-order valence-electron chi connectivity index (χ1n) is 8.10. The Bertz CT molecular complexity index is 759. The van der Waals surface area contributed by atoms with Gasteiger partial charge in [-0.25, -0.2) is 0 Å². The fourth-order valence-electron chi connectivity index (χ4n) is 2.37. The molecule has 0 spiro atoms. The molecule has 0 radical (unpaired) electrons. The van der Waals surface area contributed by atoms with E-state index in [1.54, 1.807) is 13.3 Å². The molecule has 0 fully saturated rings. The van der Waals surface area contributed by atoms with Gasteiger partial charge in [0.05, 0.1) is 7.11 Å². The average molecular weight is 341 g/mol. The van der Waals surface area contributed by atoms with Crippen molar-refractivity contribution < 1.29 is 14.3 Å². The molecule has 6 heteroatoms. The van der Waals surface area contributed by atoms with Crippen LogP contribution in [-0.4, -0.2) is 30.5 Å². The number of methoxy groups -OCH3 is 1. The first-order chi connectivity index (χ1) is 12.0. The topological polar surface area (TPSA) is 80.3 Å². The maximum absolute atomic E-state index is 11.9. The number of pyridine rings is 1. The molecule has 2 N–H and O–H groups in total. The van der Waals surface area contributed by atoms with E-state index >= 15 is 0 Å². The zero-order chi connectivity index (χ0) is 18.2. The van der Waals surface area contributed by atoms with Crippen LogP contribution < -0.4 is 15.4 Å². The number of benzene rings is 1. The fourth-order valence-corrected chi connectivity index (χ4v) is 2.37. The Balaban J connectivity index is 1.79. The minimum Gasteiger partial charge on any atom is -0.496 e. The quantitative estimate of drug-likeness (QED) is 0.784. The number of aromatic nitrogens is 1. The van der Waals surface area contributed by atoms with Crippen molar-refractivity contribution in [2.24, 2.45) is 0 Å². The van der Waals surface area contributed by atoms with Crippen LogP contribution in [0.5, 0.6) is 5.75 Å². The predicted octanol–water partition coefficient (Wildman–Crippen LogP) is 1.68. The molecule has 2 aromatic rings. The number of carbonyl (C=O) groups is 2. The summed E-state index contributed by atoms with van der Waals surface area (Å²) >= 11 is 0. The van der Waals surface area contributed by atoms with Gasteiger partial charge in [0.25, 0.3) is 0 Å². The van der Waals surface area contributed by atoms with E-state index in [0.717, 1.165) is 22.4 Å². The molecule has 2 amide bonds. The van der Waals surface area contributed by atoms with Crippen LogP contribution in [0.1, 0.15) is 22.4 Å². The van der Waals surface area contributed by atoms with Gasteiger partial charge in [0.1, 0.15) is 5.75 Å². The van der Waals surface area contributed by atoms with Crippen LogP contribution in [-0.2, 0) is 22.6 Å². The highest BCUT2D eigenvalue weighted by Gasteiger charge is 2.13. The molecule has 0 bridgehead atoms. The first-order valence-corrected chi connectivity index (χ1v) is 8.10. The monoisotopic (exact) mass is 341 g/mol. The Kier molecular flexibility index (Phi) is 6.51. The molecule has 1 aromatic heterocycles. The van der Waals surface area contributed by atoms with Crippen LogP contribution in [0.25, 0.3) is 0 Å². The molecule has 1 aromatic carbocycles. The molecular weight excluding hydrogens is 318 g/mol. The van der Waals surface area contributed by atoms with E-state index in [1.165, 1.54) is 0 Å². The maximum Gasteiger partial charge on any atom is 0.309 e. The summed E-state index contributed by atoms with van der Waals surface area (Å²) in [5.74, 6) is -0.634. The maximum atomic E-state index is 11.9. The molecule has 0 saturated carbocycles. The van der Waals surface area contributed by atoms with Crippen LogP contribution in [0.4, 0.5) is 0 Å². The number of hydrogen-bond acceptors (Lipinski definition) is 4. The van der Waals surface area contributed by atoms with Gasteiger partial charge in [-0.3, -0.25) is 14.6 Å². The van der Waals surface area contributed by atoms with Crippen molar-refractivity contribution in [2.45, 2.75) is 26.8 Å². The Labute approximate surface area is 147 Å². The summed E-state index contributed by atoms with van der Waals surface area (Å²) in [6.45, 7) is 4.53. The van der Waals surface area contributed by atoms with Gasteiger partial charge in [-0.2, -0.15) is 0 Å². The van der Waals surface area contributed by atoms with Crippen molar-refractivity contribution in [1.82, 2.24) is 15.6 Å². The lowest BCUT2D eigenvalue weighted by atomic mass is 10.1. The summed E-state index contributed by atoms with van der Waals surface area (Å²) in [5.41, 5.74) is 3.87. The highest BCUT2D eigenvalue weighted by atomic mass is 16.5. The standard InChI is InChI=1S/C19H23N3O3/c1-13-4-5-15(17(11-13)25-3)12-22-19(24)18(23)21-9-7-16-10-14(2)6-8-20-16/h4-6,8,10-11H,7,9,12H2,1-3H3,(H,21,23)(H,22,24). The number of amides is 2. The predicted molar refractivity (Wildman–Crippen MR) is 95.3 cm³/mol. The van der Waals surface area contributed by atoms with Gasteiger partial charge in [0.2, 0.25) is 0 Å². The minimum atomic E-state index is -0.667. The molecule has 1 heterocycles. The van der Waals surface area contributed by atoms with Crippen molar-refractivity contribution >= 4 is 11.8 Å². The molecule has 6 nitrogen and oxygen atoms in total. The second kappa shape index (κ2) is 8.82. The second-order valence-electron chi connectivity index (χ2n) is 5.83. The highest BCUT2D eigenvalue weighted by Crippen LogP contribution is 2.19. The smallest absolute Gasteiger partial charge is 0.309 e. The molecule has 132 valence electrons. The molecule has 2 rings (SSSR count). The molecule has 25 heavy (non-hydrogen) atoms. The number of aryl methyl sites for hydroxylation is 2. The first kappa shape index (κ1) is 18.4. The van der Waals surface area contributed by atoms with Crippen molar-refractivity contribution in [3.05, 3.63) is 58.9 Å². The van der Waals surface area contributed by atoms with Crippen LogP contribution in [0.2, 0.25) is 0 Å². The van der Waals surface area contributed by atoms with Gasteiger partial charge in [-0.05, 0) is 43.2 Å². The SMILES string of the molecule is COc1cc(C)ccc1CNC(=O)C(=O)NCCc1cc(C)ccn1. The summed E-state index contributed by atoms with van der Waals surface area (Å²) in [4.78, 5) is 28.0. The Morgan fingerprint density at radius 2 is 1.76 bits per heavy atom. The van der Waals surface area contributed by atoms with Gasteiger partial charge in [-0.1, -0.05) is 12.1 Å². The highest BCUT2D eigenvalue weighted by molar-refractivity contribution is 6.35. The molecule has 0 saturated heterocycles. The molecular formula is C19H23N3O3. The third-order valence-corrected chi connectivity index (χ3v) is 3.73. The number of nitrogens with one attached hydrogen (secondary N) is 2. The summed E-state index contributed by atoms with van der Waals surface area (Å²) in [6, 6.07) is 9.55. The molecule has 0 aliphatic heterocycles. The van der Waals surface area contributed by atoms with Gasteiger partial charge < -0.3 is 15.4 Å². The van der Waals surface area contributed by atoms with E-state index in [4.69, 9.17) is 4.74 Å². The fraction of sp³-hybridized carbons (Fsp3) is 0.316. The van der Waals surface area contributed by atoms with E-state index in [1.807, 2.05) is 44.2 Å². The largest absolute Gasteiger partial charge is 0.496 e. The van der Waals surface area contributed by atoms with E-state index < -0.39 is 11.8 Å². The third-order valence-electron chi connectivity index (χ3n) is 3.73. The van der Waals surface area contributed by atoms with Crippen molar-refractivity contribution in [2.75, 3.05) is 13.7 Å². The third kappa shape index (κ3) is 5.60. The van der Waals surface area contributed by atoms with Crippen LogP contribution >= 0.6 is 0 Å². The molecule has 0 aliphatic rings. The Morgan fingerprint density at radius 3 is 2.48 bits per heavy atom. The summed E-state index contributed by atoms with van der Waals surface area (Å²) in [5, 5.41) is 5.21. The van der Waals surface area contributed by atoms with E-state index in [2.05, 4.69) is 15.6 Å². The molecule has 0 atom stereocenters. The normalized spacial score (nSPS) is 10.2. The number of rotatable bonds is 6. The van der Waals surface area contributed by atoms with Gasteiger partial charge in [-0.15, -0.1) is 0 Å². The van der Waals surface area contributed by atoms with Crippen LogP contribution in [0, 0.1) is 13.8 Å². The lowest BCUT2D eigenvalue weighted by Gasteiger charge is -2.10. The Hall–Kier alpha value is -2.89. The lowest BCUT2D eigenvalue weighted by molar-refractivity contribution is -0.139. The van der Waals surface area contributed by atoms with E-state index in [0.29, 0.717) is 18.7 Å². The van der Waals surface area contributed by atoms with Crippen LogP contribution in [0.15, 0.2) is 36.5 Å². The Morgan fingerprint density at radius 1 is 1.04 bits per heavy atom. The van der Waals surface area contributed by atoms with E-state index in [-0.39, 0.29) is 6.54 Å². The van der Waals surface area contributed by atoms with Gasteiger partial charge in [0.15, 0.2) is 0 Å². The molecule has 0 unspecified atom stereocenters. The average Bonchev–Trinajstić information content (AvgIpc) is 2.60. The number of ether oxygens (including phenoxy) is 1. The van der Waals surface area contributed by atoms with Crippen LogP contribution in [0.3, 0.4) is 0 Å². The summed E-state index contributed by atoms with van der Waals surface area (Å²) in [6.07, 6.45) is 2.31. The van der Waals surface area contributed by atoms with Gasteiger partial charge >= 0.3 is 11.8 Å². The number of carbonyl (C=O) groups excluding carboxylic acids is 2. The number of hydrogen-bond donors (Lipinski definition) is 2. The van der Waals surface area contributed by atoms with Crippen molar-refractivity contribution in [3.63, 3.8) is 0 Å². The zero-order valence-electron chi connectivity index (χ0n) is 14.8. The molecule has 0 aliphatic carbocycles. The summed E-state index contributed by atoms with van der Waals surface area (Å²) < 4.78 is 5.28. The lowest BCUT2D eigenvalue weighted by Crippen LogP contribution is -2.40.